The first kappa shape index (κ1) is 16.1. The fourth-order valence-corrected chi connectivity index (χ4v) is 3.05. The molecule has 0 aliphatic carbocycles. The summed E-state index contributed by atoms with van der Waals surface area (Å²) in [5.74, 6) is -2.60. The Morgan fingerprint density at radius 1 is 1.24 bits per heavy atom. The zero-order valence-electron chi connectivity index (χ0n) is 11.5. The Hall–Kier alpha value is -1.25. The van der Waals surface area contributed by atoms with Gasteiger partial charge in [-0.3, -0.25) is 0 Å². The van der Waals surface area contributed by atoms with Crippen molar-refractivity contribution < 1.29 is 21.9 Å². The van der Waals surface area contributed by atoms with Crippen LogP contribution < -0.4 is 9.88 Å². The lowest BCUT2D eigenvalue weighted by Gasteiger charge is -2.15. The molecule has 1 aromatic carbocycles. The second kappa shape index (κ2) is 6.67. The Morgan fingerprint density at radius 2 is 1.90 bits per heavy atom. The van der Waals surface area contributed by atoms with Gasteiger partial charge in [0.1, 0.15) is 10.7 Å². The third-order valence-electron chi connectivity index (χ3n) is 3.34. The highest BCUT2D eigenvalue weighted by molar-refractivity contribution is 7.89. The number of ether oxygens (including phenoxy) is 1. The molecule has 1 aliphatic heterocycles. The van der Waals surface area contributed by atoms with Crippen LogP contribution in [-0.2, 0) is 10.0 Å². The molecule has 0 bridgehead atoms. The van der Waals surface area contributed by atoms with Gasteiger partial charge >= 0.3 is 0 Å². The van der Waals surface area contributed by atoms with E-state index < -0.39 is 32.3 Å². The summed E-state index contributed by atoms with van der Waals surface area (Å²) in [6.07, 6.45) is 2.97. The summed E-state index contributed by atoms with van der Waals surface area (Å²) < 4.78 is 54.7. The SMILES string of the molecule is NS(=O)(=O)c1cc(F)cc(F)c1OCCCN1CCCC1. The first-order valence-electron chi connectivity index (χ1n) is 6.75. The molecule has 21 heavy (non-hydrogen) atoms. The Morgan fingerprint density at radius 3 is 2.52 bits per heavy atom. The van der Waals surface area contributed by atoms with E-state index in [2.05, 4.69) is 4.90 Å². The lowest BCUT2D eigenvalue weighted by atomic mass is 10.3. The van der Waals surface area contributed by atoms with Crippen LogP contribution in [0.15, 0.2) is 17.0 Å². The molecule has 2 N–H and O–H groups in total. The standard InChI is InChI=1S/C13H18F2N2O3S/c14-10-8-11(15)13(12(9-10)21(16,18)19)20-7-3-6-17-4-1-2-5-17/h8-9H,1-7H2,(H2,16,18,19). The number of hydrogen-bond donors (Lipinski definition) is 1. The van der Waals surface area contributed by atoms with E-state index in [0.717, 1.165) is 19.6 Å². The van der Waals surface area contributed by atoms with Crippen LogP contribution in [0.3, 0.4) is 0 Å². The Kier molecular flexibility index (Phi) is 5.13. The molecule has 0 atom stereocenters. The van der Waals surface area contributed by atoms with E-state index in [-0.39, 0.29) is 6.61 Å². The fraction of sp³-hybridized carbons (Fsp3) is 0.538. The van der Waals surface area contributed by atoms with Gasteiger partial charge in [-0.1, -0.05) is 0 Å². The number of nitrogens with zero attached hydrogens (tertiary/aromatic N) is 1. The van der Waals surface area contributed by atoms with Crippen molar-refractivity contribution in [2.24, 2.45) is 5.14 Å². The molecule has 0 saturated carbocycles. The third-order valence-corrected chi connectivity index (χ3v) is 4.26. The predicted molar refractivity (Wildman–Crippen MR) is 73.5 cm³/mol. The summed E-state index contributed by atoms with van der Waals surface area (Å²) in [5.41, 5.74) is 0. The molecular weight excluding hydrogens is 302 g/mol. The van der Waals surface area contributed by atoms with Gasteiger partial charge in [0.15, 0.2) is 11.6 Å². The van der Waals surface area contributed by atoms with Crippen molar-refractivity contribution in [3.05, 3.63) is 23.8 Å². The number of benzene rings is 1. The van der Waals surface area contributed by atoms with Crippen LogP contribution in [0.1, 0.15) is 19.3 Å². The van der Waals surface area contributed by atoms with Crippen molar-refractivity contribution in [1.82, 2.24) is 4.90 Å². The van der Waals surface area contributed by atoms with Crippen molar-refractivity contribution >= 4 is 10.0 Å². The van der Waals surface area contributed by atoms with E-state index in [1.807, 2.05) is 0 Å². The summed E-state index contributed by atoms with van der Waals surface area (Å²) in [7, 11) is -4.25. The summed E-state index contributed by atoms with van der Waals surface area (Å²) in [5, 5.41) is 4.95. The molecule has 5 nitrogen and oxygen atoms in total. The van der Waals surface area contributed by atoms with Crippen LogP contribution in [0.2, 0.25) is 0 Å². The zero-order chi connectivity index (χ0) is 15.5. The monoisotopic (exact) mass is 320 g/mol. The average Bonchev–Trinajstić information content (AvgIpc) is 2.87. The maximum atomic E-state index is 13.7. The van der Waals surface area contributed by atoms with Crippen molar-refractivity contribution in [3.8, 4) is 5.75 Å². The number of primary sulfonamides is 1. The van der Waals surface area contributed by atoms with Gasteiger partial charge < -0.3 is 9.64 Å². The molecular formula is C13H18F2N2O3S. The summed E-state index contributed by atoms with van der Waals surface area (Å²) >= 11 is 0. The maximum Gasteiger partial charge on any atom is 0.241 e. The van der Waals surface area contributed by atoms with Crippen LogP contribution in [0, 0.1) is 11.6 Å². The van der Waals surface area contributed by atoms with Crippen LogP contribution in [0.5, 0.6) is 5.75 Å². The quantitative estimate of drug-likeness (QED) is 0.806. The van der Waals surface area contributed by atoms with Crippen LogP contribution in [0.4, 0.5) is 8.78 Å². The van der Waals surface area contributed by atoms with Gasteiger partial charge in [-0.05, 0) is 38.4 Å². The molecule has 1 saturated heterocycles. The second-order valence-electron chi connectivity index (χ2n) is 5.01. The van der Waals surface area contributed by atoms with Gasteiger partial charge in [0, 0.05) is 12.6 Å². The van der Waals surface area contributed by atoms with E-state index in [1.54, 1.807) is 0 Å². The number of nitrogens with two attached hydrogens (primary N) is 1. The molecule has 0 radical (unpaired) electrons. The van der Waals surface area contributed by atoms with Gasteiger partial charge in [0.2, 0.25) is 10.0 Å². The molecule has 8 heteroatoms. The topological polar surface area (TPSA) is 72.6 Å². The molecule has 1 heterocycles. The van der Waals surface area contributed by atoms with E-state index >= 15 is 0 Å². The predicted octanol–water partition coefficient (Wildman–Crippen LogP) is 1.48. The van der Waals surface area contributed by atoms with Gasteiger partial charge in [0.25, 0.3) is 0 Å². The highest BCUT2D eigenvalue weighted by Crippen LogP contribution is 2.27. The fourth-order valence-electron chi connectivity index (χ4n) is 2.36. The minimum absolute atomic E-state index is 0.140. The average molecular weight is 320 g/mol. The number of halogens is 2. The van der Waals surface area contributed by atoms with Gasteiger partial charge in [-0.25, -0.2) is 22.3 Å². The Balaban J connectivity index is 2.01. The van der Waals surface area contributed by atoms with Crippen LogP contribution in [0.25, 0.3) is 0 Å². The molecule has 0 unspecified atom stereocenters. The largest absolute Gasteiger partial charge is 0.489 e. The molecule has 0 amide bonds. The molecule has 118 valence electrons. The molecule has 2 rings (SSSR count). The van der Waals surface area contributed by atoms with Crippen LogP contribution >= 0.6 is 0 Å². The van der Waals surface area contributed by atoms with Gasteiger partial charge in [-0.2, -0.15) is 0 Å². The van der Waals surface area contributed by atoms with Crippen molar-refractivity contribution in [2.75, 3.05) is 26.2 Å². The summed E-state index contributed by atoms with van der Waals surface area (Å²) in [6.45, 7) is 3.01. The Labute approximate surface area is 122 Å². The number of sulfonamides is 1. The number of hydrogen-bond acceptors (Lipinski definition) is 4. The number of rotatable bonds is 6. The van der Waals surface area contributed by atoms with E-state index in [0.29, 0.717) is 18.6 Å². The molecule has 1 fully saturated rings. The van der Waals surface area contributed by atoms with E-state index in [4.69, 9.17) is 9.88 Å². The highest BCUT2D eigenvalue weighted by atomic mass is 32.2. The van der Waals surface area contributed by atoms with Gasteiger partial charge in [0.05, 0.1) is 6.61 Å². The third kappa shape index (κ3) is 4.36. The highest BCUT2D eigenvalue weighted by Gasteiger charge is 2.21. The number of likely N-dealkylation sites (tertiary alicyclic amines) is 1. The second-order valence-corrected chi connectivity index (χ2v) is 6.54. The lowest BCUT2D eigenvalue weighted by Crippen LogP contribution is -2.22. The summed E-state index contributed by atoms with van der Waals surface area (Å²) in [6, 6.07) is 1.23. The Bertz CT molecular complexity index is 602. The van der Waals surface area contributed by atoms with Crippen LogP contribution in [-0.4, -0.2) is 39.6 Å². The minimum Gasteiger partial charge on any atom is -0.489 e. The van der Waals surface area contributed by atoms with Crippen molar-refractivity contribution in [3.63, 3.8) is 0 Å². The smallest absolute Gasteiger partial charge is 0.241 e. The first-order valence-corrected chi connectivity index (χ1v) is 8.29. The normalized spacial score (nSPS) is 16.3. The van der Waals surface area contributed by atoms with E-state index in [9.17, 15) is 17.2 Å². The lowest BCUT2D eigenvalue weighted by molar-refractivity contribution is 0.250. The first-order chi connectivity index (χ1) is 9.88. The molecule has 1 aromatic rings. The maximum absolute atomic E-state index is 13.7. The van der Waals surface area contributed by atoms with E-state index in [1.165, 1.54) is 12.8 Å². The molecule has 0 aromatic heterocycles. The summed E-state index contributed by atoms with van der Waals surface area (Å²) in [4.78, 5) is 1.59. The van der Waals surface area contributed by atoms with Crippen molar-refractivity contribution in [2.45, 2.75) is 24.2 Å². The minimum atomic E-state index is -4.25. The zero-order valence-corrected chi connectivity index (χ0v) is 12.3. The molecule has 0 spiro atoms. The van der Waals surface area contributed by atoms with Crippen molar-refractivity contribution in [1.29, 1.82) is 0 Å². The van der Waals surface area contributed by atoms with Gasteiger partial charge in [-0.15, -0.1) is 0 Å². The molecule has 1 aliphatic rings.